The normalized spacial score (nSPS) is 11.6. The number of carbonyl (C=O) groups excluding carboxylic acids is 1. The van der Waals surface area contributed by atoms with Gasteiger partial charge in [-0.05, 0) is 85.6 Å². The SMILES string of the molecule is Cc1cccc(C)c1NS(=O)(=O)c1ccc(NC(=O)CN(c2ccc(F)cc2)S(=O)(=O)c2ccccc2)cc1. The summed E-state index contributed by atoms with van der Waals surface area (Å²) < 4.78 is 69.5. The zero-order valence-electron chi connectivity index (χ0n) is 21.1. The van der Waals surface area contributed by atoms with E-state index in [2.05, 4.69) is 10.0 Å². The highest BCUT2D eigenvalue weighted by molar-refractivity contribution is 7.93. The maximum atomic E-state index is 13.5. The average Bonchev–Trinajstić information content (AvgIpc) is 2.91. The van der Waals surface area contributed by atoms with Gasteiger partial charge >= 0.3 is 0 Å². The van der Waals surface area contributed by atoms with E-state index in [0.29, 0.717) is 5.69 Å². The van der Waals surface area contributed by atoms with Crippen LogP contribution in [-0.4, -0.2) is 29.3 Å². The summed E-state index contributed by atoms with van der Waals surface area (Å²) in [6.45, 7) is 3.00. The van der Waals surface area contributed by atoms with Crippen molar-refractivity contribution in [3.63, 3.8) is 0 Å². The van der Waals surface area contributed by atoms with Gasteiger partial charge in [0, 0.05) is 5.69 Å². The summed E-state index contributed by atoms with van der Waals surface area (Å²) in [5.74, 6) is -1.23. The predicted octanol–water partition coefficient (Wildman–Crippen LogP) is 5.08. The van der Waals surface area contributed by atoms with E-state index in [-0.39, 0.29) is 21.2 Å². The Hall–Kier alpha value is -4.22. The Morgan fingerprint density at radius 1 is 0.744 bits per heavy atom. The molecule has 0 fully saturated rings. The Morgan fingerprint density at radius 2 is 1.33 bits per heavy atom. The van der Waals surface area contributed by atoms with Crippen LogP contribution in [0.25, 0.3) is 0 Å². The maximum absolute atomic E-state index is 13.5. The summed E-state index contributed by atoms with van der Waals surface area (Å²) in [6.07, 6.45) is 0. The Kier molecular flexibility index (Phi) is 8.03. The zero-order chi connectivity index (χ0) is 28.2. The lowest BCUT2D eigenvalue weighted by atomic mass is 10.1. The standard InChI is InChI=1S/C28H26FN3O5S2/c1-20-7-6-8-21(2)28(20)31-38(34,35)25-17-13-23(14-18-25)30-27(33)19-32(24-15-11-22(29)12-16-24)39(36,37)26-9-4-3-5-10-26/h3-18,31H,19H2,1-2H3,(H,30,33). The lowest BCUT2D eigenvalue weighted by Gasteiger charge is -2.24. The molecule has 0 atom stereocenters. The maximum Gasteiger partial charge on any atom is 0.264 e. The van der Waals surface area contributed by atoms with Crippen molar-refractivity contribution in [1.82, 2.24) is 0 Å². The van der Waals surface area contributed by atoms with Crippen LogP contribution < -0.4 is 14.3 Å². The quantitative estimate of drug-likeness (QED) is 0.293. The number of carbonyl (C=O) groups is 1. The minimum atomic E-state index is -4.15. The molecule has 4 aromatic rings. The summed E-state index contributed by atoms with van der Waals surface area (Å²) in [7, 11) is -8.05. The van der Waals surface area contributed by atoms with Crippen molar-refractivity contribution in [3.05, 3.63) is 114 Å². The molecule has 4 aromatic carbocycles. The molecule has 4 rings (SSSR count). The van der Waals surface area contributed by atoms with Gasteiger partial charge in [0.1, 0.15) is 12.4 Å². The van der Waals surface area contributed by atoms with E-state index in [1.807, 2.05) is 6.07 Å². The molecule has 0 bridgehead atoms. The van der Waals surface area contributed by atoms with E-state index in [4.69, 9.17) is 0 Å². The number of amides is 1. The van der Waals surface area contributed by atoms with Crippen LogP contribution in [0.15, 0.2) is 107 Å². The first-order valence-electron chi connectivity index (χ1n) is 11.8. The minimum Gasteiger partial charge on any atom is -0.325 e. The second-order valence-electron chi connectivity index (χ2n) is 8.75. The Balaban J connectivity index is 1.53. The molecule has 8 nitrogen and oxygen atoms in total. The fraction of sp³-hybridized carbons (Fsp3) is 0.107. The molecule has 202 valence electrons. The van der Waals surface area contributed by atoms with Crippen molar-refractivity contribution in [2.45, 2.75) is 23.6 Å². The van der Waals surface area contributed by atoms with Crippen molar-refractivity contribution in [2.75, 3.05) is 20.9 Å². The molecule has 0 heterocycles. The van der Waals surface area contributed by atoms with Gasteiger partial charge in [0.05, 0.1) is 21.2 Å². The number of rotatable bonds is 9. The first-order valence-corrected chi connectivity index (χ1v) is 14.7. The van der Waals surface area contributed by atoms with Crippen LogP contribution in [0.5, 0.6) is 0 Å². The molecule has 0 saturated heterocycles. The summed E-state index contributed by atoms with van der Waals surface area (Å²) in [5.41, 5.74) is 2.42. The molecule has 0 unspecified atom stereocenters. The van der Waals surface area contributed by atoms with Gasteiger partial charge in [-0.2, -0.15) is 0 Å². The summed E-state index contributed by atoms with van der Waals surface area (Å²) >= 11 is 0. The second-order valence-corrected chi connectivity index (χ2v) is 12.3. The van der Waals surface area contributed by atoms with Crippen molar-refractivity contribution in [2.24, 2.45) is 0 Å². The third-order valence-corrected chi connectivity index (χ3v) is 9.05. The molecular formula is C28H26FN3O5S2. The third-order valence-electron chi connectivity index (χ3n) is 5.90. The average molecular weight is 568 g/mol. The summed E-state index contributed by atoms with van der Waals surface area (Å²) in [4.78, 5) is 12.9. The number of anilines is 3. The van der Waals surface area contributed by atoms with Crippen LogP contribution in [-0.2, 0) is 24.8 Å². The Morgan fingerprint density at radius 3 is 1.92 bits per heavy atom. The highest BCUT2D eigenvalue weighted by Gasteiger charge is 2.27. The molecule has 11 heteroatoms. The molecule has 0 radical (unpaired) electrons. The van der Waals surface area contributed by atoms with Crippen LogP contribution in [0.4, 0.5) is 21.5 Å². The van der Waals surface area contributed by atoms with Crippen molar-refractivity contribution in [3.8, 4) is 0 Å². The van der Waals surface area contributed by atoms with Crippen LogP contribution in [0.3, 0.4) is 0 Å². The first-order chi connectivity index (χ1) is 18.5. The molecule has 0 aliphatic rings. The topological polar surface area (TPSA) is 113 Å². The van der Waals surface area contributed by atoms with Crippen molar-refractivity contribution < 1.29 is 26.0 Å². The molecule has 39 heavy (non-hydrogen) atoms. The van der Waals surface area contributed by atoms with E-state index in [0.717, 1.165) is 27.6 Å². The van der Waals surface area contributed by atoms with Crippen molar-refractivity contribution >= 4 is 43.0 Å². The Labute approximate surface area is 227 Å². The molecule has 0 aliphatic heterocycles. The van der Waals surface area contributed by atoms with E-state index >= 15 is 0 Å². The summed E-state index contributed by atoms with van der Waals surface area (Å²) in [6, 6.07) is 23.2. The first kappa shape index (κ1) is 27.8. The molecule has 2 N–H and O–H groups in total. The van der Waals surface area contributed by atoms with Gasteiger partial charge in [-0.25, -0.2) is 21.2 Å². The van der Waals surface area contributed by atoms with Crippen LogP contribution >= 0.6 is 0 Å². The fourth-order valence-electron chi connectivity index (χ4n) is 3.86. The van der Waals surface area contributed by atoms with E-state index in [9.17, 15) is 26.0 Å². The lowest BCUT2D eigenvalue weighted by molar-refractivity contribution is -0.114. The highest BCUT2D eigenvalue weighted by atomic mass is 32.2. The van der Waals surface area contributed by atoms with Crippen LogP contribution in [0, 0.1) is 19.7 Å². The fourth-order valence-corrected chi connectivity index (χ4v) is 6.50. The van der Waals surface area contributed by atoms with Gasteiger partial charge in [-0.1, -0.05) is 36.4 Å². The molecular weight excluding hydrogens is 541 g/mol. The monoisotopic (exact) mass is 567 g/mol. The van der Waals surface area contributed by atoms with Gasteiger partial charge in [0.2, 0.25) is 5.91 Å². The third kappa shape index (κ3) is 6.44. The number of sulfonamides is 2. The van der Waals surface area contributed by atoms with E-state index in [1.54, 1.807) is 44.2 Å². The number of halogens is 1. The van der Waals surface area contributed by atoms with Crippen molar-refractivity contribution in [1.29, 1.82) is 0 Å². The van der Waals surface area contributed by atoms with E-state index < -0.39 is 38.3 Å². The molecule has 0 aromatic heterocycles. The molecule has 0 spiro atoms. The summed E-state index contributed by atoms with van der Waals surface area (Å²) in [5, 5.41) is 2.59. The number of nitrogens with one attached hydrogen (secondary N) is 2. The van der Waals surface area contributed by atoms with Gasteiger partial charge in [-0.15, -0.1) is 0 Å². The van der Waals surface area contributed by atoms with Gasteiger partial charge < -0.3 is 5.32 Å². The molecule has 1 amide bonds. The van der Waals surface area contributed by atoms with Gasteiger partial charge in [0.25, 0.3) is 20.0 Å². The highest BCUT2D eigenvalue weighted by Crippen LogP contribution is 2.26. The minimum absolute atomic E-state index is 0.0113. The number of hydrogen-bond acceptors (Lipinski definition) is 5. The van der Waals surface area contributed by atoms with Gasteiger partial charge in [0.15, 0.2) is 0 Å². The predicted molar refractivity (Wildman–Crippen MR) is 149 cm³/mol. The number of benzene rings is 4. The smallest absolute Gasteiger partial charge is 0.264 e. The largest absolute Gasteiger partial charge is 0.325 e. The molecule has 0 aliphatic carbocycles. The second kappa shape index (κ2) is 11.3. The number of aryl methyl sites for hydroxylation is 2. The van der Waals surface area contributed by atoms with Crippen LogP contribution in [0.1, 0.15) is 11.1 Å². The number of para-hydroxylation sites is 1. The number of hydrogen-bond donors (Lipinski definition) is 2. The van der Waals surface area contributed by atoms with Crippen LogP contribution in [0.2, 0.25) is 0 Å². The Bertz CT molecular complexity index is 1670. The number of nitrogens with zero attached hydrogens (tertiary/aromatic N) is 1. The zero-order valence-corrected chi connectivity index (χ0v) is 22.8. The van der Waals surface area contributed by atoms with E-state index in [1.165, 1.54) is 48.5 Å². The lowest BCUT2D eigenvalue weighted by Crippen LogP contribution is -2.38. The van der Waals surface area contributed by atoms with Gasteiger partial charge in [-0.3, -0.25) is 13.8 Å². The molecule has 0 saturated carbocycles.